The van der Waals surface area contributed by atoms with E-state index < -0.39 is 0 Å². The highest BCUT2D eigenvalue weighted by Gasteiger charge is 2.16. The maximum absolute atomic E-state index is 12.3. The van der Waals surface area contributed by atoms with Gasteiger partial charge >= 0.3 is 0 Å². The van der Waals surface area contributed by atoms with Gasteiger partial charge < -0.3 is 10.4 Å². The largest absolute Gasteiger partial charge is 0.493 e. The van der Waals surface area contributed by atoms with Crippen molar-refractivity contribution in [2.75, 3.05) is 0 Å². The van der Waals surface area contributed by atoms with Gasteiger partial charge in [0, 0.05) is 18.3 Å². The Balaban J connectivity index is 1.86. The number of nitrogens with one attached hydrogen (secondary N) is 1. The van der Waals surface area contributed by atoms with Gasteiger partial charge in [-0.3, -0.25) is 4.79 Å². The van der Waals surface area contributed by atoms with Gasteiger partial charge in [-0.1, -0.05) is 37.3 Å². The van der Waals surface area contributed by atoms with Crippen molar-refractivity contribution in [3.05, 3.63) is 59.4 Å². The van der Waals surface area contributed by atoms with E-state index in [0.29, 0.717) is 29.9 Å². The van der Waals surface area contributed by atoms with E-state index in [9.17, 15) is 9.90 Å². The number of aryl methyl sites for hydroxylation is 1. The van der Waals surface area contributed by atoms with Crippen LogP contribution in [-0.2, 0) is 13.0 Å². The Morgan fingerprint density at radius 3 is 2.82 bits per heavy atom. The van der Waals surface area contributed by atoms with E-state index in [2.05, 4.69) is 15.4 Å². The molecule has 3 aromatic rings. The first-order chi connectivity index (χ1) is 10.7. The number of fused-ring (bicyclic) bond motifs is 1. The number of hydrogen-bond acceptors (Lipinski definition) is 4. The number of amides is 1. The van der Waals surface area contributed by atoms with Crippen molar-refractivity contribution in [1.29, 1.82) is 0 Å². The Morgan fingerprint density at radius 2 is 2.09 bits per heavy atom. The molecule has 6 heteroatoms. The number of aromatic hydroxyl groups is 1. The fraction of sp³-hybridized carbons (Fsp3) is 0.188. The van der Waals surface area contributed by atoms with Gasteiger partial charge in [-0.15, -0.1) is 0 Å². The number of rotatable bonds is 4. The van der Waals surface area contributed by atoms with Crippen molar-refractivity contribution in [3.8, 4) is 5.88 Å². The molecule has 0 fully saturated rings. The molecule has 0 saturated carbocycles. The lowest BCUT2D eigenvalue weighted by atomic mass is 10.2. The molecule has 2 N–H and O–H groups in total. The van der Waals surface area contributed by atoms with Crippen LogP contribution in [0, 0.1) is 0 Å². The Hall–Kier alpha value is -2.89. The first kappa shape index (κ1) is 14.1. The van der Waals surface area contributed by atoms with Crippen molar-refractivity contribution < 1.29 is 9.90 Å². The standard InChI is InChI=1S/C16H16N4O2/c1-2-12-8-14(21)20-15(19-12)13(10-18-20)16(22)17-9-11-6-4-3-5-7-11/h3-8,10,21H,2,9H2,1H3,(H,17,22). The Bertz CT molecular complexity index is 812. The highest BCUT2D eigenvalue weighted by atomic mass is 16.3. The molecule has 0 spiro atoms. The van der Waals surface area contributed by atoms with Crippen molar-refractivity contribution in [1.82, 2.24) is 19.9 Å². The average Bonchev–Trinajstić information content (AvgIpc) is 2.98. The van der Waals surface area contributed by atoms with Crippen LogP contribution in [0.5, 0.6) is 5.88 Å². The minimum atomic E-state index is -0.265. The van der Waals surface area contributed by atoms with Gasteiger partial charge in [0.05, 0.1) is 6.20 Å². The normalized spacial score (nSPS) is 10.8. The number of nitrogens with zero attached hydrogens (tertiary/aromatic N) is 3. The molecule has 2 heterocycles. The van der Waals surface area contributed by atoms with Crippen molar-refractivity contribution in [3.63, 3.8) is 0 Å². The average molecular weight is 296 g/mol. The summed E-state index contributed by atoms with van der Waals surface area (Å²) >= 11 is 0. The van der Waals surface area contributed by atoms with Gasteiger partial charge in [0.2, 0.25) is 5.88 Å². The molecule has 2 aromatic heterocycles. The summed E-state index contributed by atoms with van der Waals surface area (Å²) in [4.78, 5) is 16.7. The van der Waals surface area contributed by atoms with Crippen LogP contribution < -0.4 is 5.32 Å². The van der Waals surface area contributed by atoms with Crippen LogP contribution in [-0.4, -0.2) is 25.6 Å². The zero-order chi connectivity index (χ0) is 15.5. The first-order valence-corrected chi connectivity index (χ1v) is 7.07. The monoisotopic (exact) mass is 296 g/mol. The predicted molar refractivity (Wildman–Crippen MR) is 81.6 cm³/mol. The summed E-state index contributed by atoms with van der Waals surface area (Å²) in [7, 11) is 0. The Kier molecular flexibility index (Phi) is 3.74. The molecule has 1 aromatic carbocycles. The molecule has 1 amide bonds. The molecule has 0 atom stereocenters. The van der Waals surface area contributed by atoms with Crippen LogP contribution in [0.2, 0.25) is 0 Å². The summed E-state index contributed by atoms with van der Waals surface area (Å²) in [6, 6.07) is 11.2. The van der Waals surface area contributed by atoms with Crippen LogP contribution in [0.15, 0.2) is 42.6 Å². The smallest absolute Gasteiger partial charge is 0.257 e. The van der Waals surface area contributed by atoms with E-state index in [1.54, 1.807) is 6.07 Å². The van der Waals surface area contributed by atoms with Crippen molar-refractivity contribution in [2.45, 2.75) is 19.9 Å². The number of benzene rings is 1. The number of hydrogen-bond donors (Lipinski definition) is 2. The van der Waals surface area contributed by atoms with E-state index >= 15 is 0 Å². The maximum atomic E-state index is 12.3. The Morgan fingerprint density at radius 1 is 1.32 bits per heavy atom. The zero-order valence-electron chi connectivity index (χ0n) is 12.2. The van der Waals surface area contributed by atoms with Gasteiger partial charge in [0.1, 0.15) is 5.56 Å². The third-order valence-corrected chi connectivity index (χ3v) is 3.41. The second kappa shape index (κ2) is 5.85. The lowest BCUT2D eigenvalue weighted by Crippen LogP contribution is -2.22. The lowest BCUT2D eigenvalue weighted by Gasteiger charge is -2.05. The van der Waals surface area contributed by atoms with Crippen molar-refractivity contribution in [2.24, 2.45) is 0 Å². The fourth-order valence-electron chi connectivity index (χ4n) is 2.21. The third-order valence-electron chi connectivity index (χ3n) is 3.41. The molecule has 0 unspecified atom stereocenters. The molecule has 0 aliphatic carbocycles. The van der Waals surface area contributed by atoms with E-state index in [0.717, 1.165) is 5.56 Å². The zero-order valence-corrected chi connectivity index (χ0v) is 12.2. The minimum Gasteiger partial charge on any atom is -0.493 e. The second-order valence-electron chi connectivity index (χ2n) is 4.92. The molecule has 3 rings (SSSR count). The molecular weight excluding hydrogens is 280 g/mol. The van der Waals surface area contributed by atoms with Gasteiger partial charge in [0.15, 0.2) is 5.65 Å². The summed E-state index contributed by atoms with van der Waals surface area (Å²) in [5.74, 6) is -0.289. The molecule has 0 radical (unpaired) electrons. The van der Waals surface area contributed by atoms with Gasteiger partial charge in [-0.05, 0) is 12.0 Å². The van der Waals surface area contributed by atoms with Crippen LogP contribution in [0.4, 0.5) is 0 Å². The highest BCUT2D eigenvalue weighted by molar-refractivity contribution is 5.99. The first-order valence-electron chi connectivity index (χ1n) is 7.07. The lowest BCUT2D eigenvalue weighted by molar-refractivity contribution is 0.0952. The molecule has 0 bridgehead atoms. The van der Waals surface area contributed by atoms with E-state index in [-0.39, 0.29) is 11.8 Å². The summed E-state index contributed by atoms with van der Waals surface area (Å²) in [6.45, 7) is 2.36. The second-order valence-corrected chi connectivity index (χ2v) is 4.92. The Labute approximate surface area is 127 Å². The molecule has 0 aliphatic rings. The van der Waals surface area contributed by atoms with E-state index in [1.165, 1.54) is 10.7 Å². The maximum Gasteiger partial charge on any atom is 0.257 e. The van der Waals surface area contributed by atoms with Gasteiger partial charge in [-0.2, -0.15) is 9.61 Å². The topological polar surface area (TPSA) is 79.5 Å². The molecular formula is C16H16N4O2. The summed E-state index contributed by atoms with van der Waals surface area (Å²) < 4.78 is 1.26. The quantitative estimate of drug-likeness (QED) is 0.771. The summed E-state index contributed by atoms with van der Waals surface area (Å²) in [6.07, 6.45) is 2.09. The number of aromatic nitrogens is 3. The molecule has 0 saturated heterocycles. The molecule has 0 aliphatic heterocycles. The SMILES string of the molecule is CCc1cc(O)n2ncc(C(=O)NCc3ccccc3)c2n1. The van der Waals surface area contributed by atoms with Gasteiger partial charge in [0.25, 0.3) is 5.91 Å². The minimum absolute atomic E-state index is 0.0241. The number of carbonyl (C=O) groups is 1. The predicted octanol–water partition coefficient (Wildman–Crippen LogP) is 1.93. The van der Waals surface area contributed by atoms with Crippen LogP contribution in [0.1, 0.15) is 28.5 Å². The van der Waals surface area contributed by atoms with E-state index in [1.807, 2.05) is 37.3 Å². The third kappa shape index (κ3) is 2.63. The summed E-state index contributed by atoms with van der Waals surface area (Å²) in [5, 5.41) is 16.8. The molecule has 6 nitrogen and oxygen atoms in total. The van der Waals surface area contributed by atoms with Crippen LogP contribution in [0.25, 0.3) is 5.65 Å². The van der Waals surface area contributed by atoms with Crippen LogP contribution >= 0.6 is 0 Å². The molecule has 112 valence electrons. The van der Waals surface area contributed by atoms with Crippen molar-refractivity contribution >= 4 is 11.6 Å². The van der Waals surface area contributed by atoms with E-state index in [4.69, 9.17) is 0 Å². The molecule has 22 heavy (non-hydrogen) atoms. The number of carbonyl (C=O) groups excluding carboxylic acids is 1. The van der Waals surface area contributed by atoms with Gasteiger partial charge in [-0.25, -0.2) is 4.98 Å². The highest BCUT2D eigenvalue weighted by Crippen LogP contribution is 2.17. The summed E-state index contributed by atoms with van der Waals surface area (Å²) in [5.41, 5.74) is 2.43. The van der Waals surface area contributed by atoms with Crippen LogP contribution in [0.3, 0.4) is 0 Å². The fourth-order valence-corrected chi connectivity index (χ4v) is 2.21.